The van der Waals surface area contributed by atoms with E-state index in [-0.39, 0.29) is 21.4 Å². The van der Waals surface area contributed by atoms with Gasteiger partial charge in [-0.1, -0.05) is 11.6 Å². The summed E-state index contributed by atoms with van der Waals surface area (Å²) in [5.41, 5.74) is -1.08. The van der Waals surface area contributed by atoms with Gasteiger partial charge in [0.05, 0.1) is 35.4 Å². The van der Waals surface area contributed by atoms with Crippen LogP contribution in [0.25, 0.3) is 0 Å². The van der Waals surface area contributed by atoms with Crippen LogP contribution in [-0.2, 0) is 16.2 Å². The highest BCUT2D eigenvalue weighted by Gasteiger charge is 2.36. The van der Waals surface area contributed by atoms with Crippen molar-refractivity contribution < 1.29 is 40.5 Å². The third-order valence-electron chi connectivity index (χ3n) is 5.98. The molecule has 1 aliphatic heterocycles. The van der Waals surface area contributed by atoms with E-state index >= 15 is 0 Å². The van der Waals surface area contributed by atoms with Crippen molar-refractivity contribution in [3.8, 4) is 28.7 Å². The number of ether oxygens (including phenoxy) is 4. The highest BCUT2D eigenvalue weighted by Crippen LogP contribution is 2.40. The predicted molar refractivity (Wildman–Crippen MR) is 140 cm³/mol. The van der Waals surface area contributed by atoms with Gasteiger partial charge in [0, 0.05) is 25.2 Å². The first-order valence-corrected chi connectivity index (χ1v) is 13.5. The zero-order valence-electron chi connectivity index (χ0n) is 21.2. The summed E-state index contributed by atoms with van der Waals surface area (Å²) in [7, 11) is 0.591. The van der Waals surface area contributed by atoms with Gasteiger partial charge in [-0.2, -0.15) is 13.2 Å². The summed E-state index contributed by atoms with van der Waals surface area (Å²) in [6.07, 6.45) is -4.56. The van der Waals surface area contributed by atoms with Crippen molar-refractivity contribution >= 4 is 27.3 Å². The van der Waals surface area contributed by atoms with Gasteiger partial charge in [0.1, 0.15) is 23.4 Å². The Labute approximate surface area is 229 Å². The second-order valence-corrected chi connectivity index (χ2v) is 10.9. The van der Waals surface area contributed by atoms with Gasteiger partial charge in [-0.3, -0.25) is 4.72 Å². The molecular weight excluding hydrogens is 561 g/mol. The van der Waals surface area contributed by atoms with Gasteiger partial charge in [0.15, 0.2) is 11.5 Å². The highest BCUT2D eigenvalue weighted by molar-refractivity contribution is 7.92. The summed E-state index contributed by atoms with van der Waals surface area (Å²) < 4.78 is 91.0. The van der Waals surface area contributed by atoms with E-state index in [4.69, 9.17) is 30.5 Å². The Morgan fingerprint density at radius 2 is 1.67 bits per heavy atom. The number of rotatable bonds is 9. The number of nitrogens with one attached hydrogen (secondary N) is 1. The van der Waals surface area contributed by atoms with Crippen molar-refractivity contribution in [3.05, 3.63) is 65.2 Å². The minimum atomic E-state index is -4.67. The Hall–Kier alpha value is -3.35. The van der Waals surface area contributed by atoms with Crippen LogP contribution in [0.2, 0.25) is 5.02 Å². The molecule has 0 spiro atoms. The topological polar surface area (TPSA) is 86.3 Å². The maximum Gasteiger partial charge on any atom is 0.419 e. The number of nitrogens with zero attached hydrogens (tertiary/aromatic N) is 1. The lowest BCUT2D eigenvalue weighted by Gasteiger charge is -2.19. The molecule has 0 amide bonds. The number of likely N-dealkylation sites (tertiary alicyclic amines) is 1. The van der Waals surface area contributed by atoms with Gasteiger partial charge < -0.3 is 23.8 Å². The summed E-state index contributed by atoms with van der Waals surface area (Å²) in [4.78, 5) is 1.72. The monoisotopic (exact) mass is 586 g/mol. The lowest BCUT2D eigenvalue weighted by atomic mass is 10.1. The molecule has 0 radical (unpaired) electrons. The lowest BCUT2D eigenvalue weighted by molar-refractivity contribution is -0.139. The van der Waals surface area contributed by atoms with Crippen molar-refractivity contribution in [1.82, 2.24) is 4.90 Å². The summed E-state index contributed by atoms with van der Waals surface area (Å²) >= 11 is 6.30. The molecule has 13 heteroatoms. The Bertz CT molecular complexity index is 1450. The van der Waals surface area contributed by atoms with Gasteiger partial charge in [-0.05, 0) is 55.9 Å². The van der Waals surface area contributed by atoms with E-state index < -0.39 is 33.6 Å². The molecule has 0 saturated carbocycles. The van der Waals surface area contributed by atoms with Crippen LogP contribution in [0.1, 0.15) is 12.0 Å². The second kappa shape index (κ2) is 11.4. The van der Waals surface area contributed by atoms with E-state index in [1.54, 1.807) is 18.2 Å². The number of likely N-dealkylation sites (N-methyl/N-ethyl adjacent to an activating group) is 1. The number of anilines is 1. The molecule has 1 atom stereocenters. The van der Waals surface area contributed by atoms with Crippen LogP contribution in [-0.4, -0.2) is 53.8 Å². The minimum Gasteiger partial charge on any atom is -0.493 e. The molecule has 8 nitrogen and oxygen atoms in total. The molecule has 1 fully saturated rings. The standard InChI is InChI=1S/C26H26ClF3N2O6S/c1-32-11-10-18(15-32)38-24-12-16(4-7-20(24)26(28,29)30)31-39(33,34)19-6-9-22(21(27)14-19)37-17-5-8-23(35-2)25(13-17)36-3/h4-9,12-14,18,31H,10-11,15H2,1-3H3/t18-/m1/s1. The first-order valence-electron chi connectivity index (χ1n) is 11.7. The van der Waals surface area contributed by atoms with Gasteiger partial charge in [0.25, 0.3) is 10.0 Å². The lowest BCUT2D eigenvalue weighted by Crippen LogP contribution is -2.23. The van der Waals surface area contributed by atoms with Crippen molar-refractivity contribution in [2.24, 2.45) is 0 Å². The molecule has 0 aromatic heterocycles. The number of hydrogen-bond acceptors (Lipinski definition) is 7. The fraction of sp³-hybridized carbons (Fsp3) is 0.308. The molecule has 1 N–H and O–H groups in total. The quantitative estimate of drug-likeness (QED) is 0.326. The van der Waals surface area contributed by atoms with Gasteiger partial charge in [0.2, 0.25) is 0 Å². The van der Waals surface area contributed by atoms with E-state index in [9.17, 15) is 21.6 Å². The molecule has 0 aliphatic carbocycles. The zero-order chi connectivity index (χ0) is 28.4. The van der Waals surface area contributed by atoms with Crippen LogP contribution in [0.3, 0.4) is 0 Å². The summed E-state index contributed by atoms with van der Waals surface area (Å²) in [6, 6.07) is 11.5. The van der Waals surface area contributed by atoms with Crippen LogP contribution < -0.4 is 23.7 Å². The molecule has 1 aliphatic rings. The van der Waals surface area contributed by atoms with Crippen LogP contribution in [0.5, 0.6) is 28.7 Å². The van der Waals surface area contributed by atoms with Crippen molar-refractivity contribution in [1.29, 1.82) is 0 Å². The number of methoxy groups -OCH3 is 2. The number of alkyl halides is 3. The van der Waals surface area contributed by atoms with Crippen molar-refractivity contribution in [3.63, 3.8) is 0 Å². The number of benzene rings is 3. The average Bonchev–Trinajstić information content (AvgIpc) is 3.28. The molecule has 3 aromatic rings. The summed E-state index contributed by atoms with van der Waals surface area (Å²) in [6.45, 7) is 1.15. The molecule has 3 aromatic carbocycles. The predicted octanol–water partition coefficient (Wildman–Crippen LogP) is 6.05. The molecular formula is C26H26ClF3N2O6S. The SMILES string of the molecule is COc1ccc(Oc2ccc(S(=O)(=O)Nc3ccc(C(F)(F)F)c(O[C@@H]4CCN(C)C4)c3)cc2Cl)cc1OC. The van der Waals surface area contributed by atoms with Crippen molar-refractivity contribution in [2.45, 2.75) is 23.6 Å². The molecule has 0 bridgehead atoms. The second-order valence-electron chi connectivity index (χ2n) is 8.82. The first-order chi connectivity index (χ1) is 18.4. The third kappa shape index (κ3) is 6.81. The number of hydrogen-bond donors (Lipinski definition) is 1. The normalized spacial score (nSPS) is 16.1. The van der Waals surface area contributed by atoms with E-state index in [2.05, 4.69) is 4.72 Å². The van der Waals surface area contributed by atoms with E-state index in [1.165, 1.54) is 32.4 Å². The molecule has 39 heavy (non-hydrogen) atoms. The maximum absolute atomic E-state index is 13.6. The van der Waals surface area contributed by atoms with Crippen LogP contribution in [0.15, 0.2) is 59.5 Å². The first kappa shape index (κ1) is 28.7. The van der Waals surface area contributed by atoms with Gasteiger partial charge >= 0.3 is 6.18 Å². The minimum absolute atomic E-state index is 0.00513. The Balaban J connectivity index is 1.55. The van der Waals surface area contributed by atoms with E-state index in [0.29, 0.717) is 36.8 Å². The smallest absolute Gasteiger partial charge is 0.419 e. The van der Waals surface area contributed by atoms with Crippen molar-refractivity contribution in [2.75, 3.05) is 39.1 Å². The Morgan fingerprint density at radius 1 is 0.949 bits per heavy atom. The fourth-order valence-electron chi connectivity index (χ4n) is 4.04. The van der Waals surface area contributed by atoms with Gasteiger partial charge in [-0.15, -0.1) is 0 Å². The van der Waals surface area contributed by atoms with Crippen LogP contribution in [0, 0.1) is 0 Å². The molecule has 1 saturated heterocycles. The van der Waals surface area contributed by atoms with Gasteiger partial charge in [-0.25, -0.2) is 8.42 Å². The Kier molecular flexibility index (Phi) is 8.38. The average molecular weight is 587 g/mol. The molecule has 0 unspecified atom stereocenters. The molecule has 4 rings (SSSR count). The van der Waals surface area contributed by atoms with Crippen LogP contribution in [0.4, 0.5) is 18.9 Å². The summed E-state index contributed by atoms with van der Waals surface area (Å²) in [5, 5.41) is -0.00513. The zero-order valence-corrected chi connectivity index (χ0v) is 22.8. The fourth-order valence-corrected chi connectivity index (χ4v) is 5.40. The molecule has 210 valence electrons. The Morgan fingerprint density at radius 3 is 2.28 bits per heavy atom. The maximum atomic E-state index is 13.6. The van der Waals surface area contributed by atoms with Crippen LogP contribution >= 0.6 is 11.6 Å². The summed E-state index contributed by atoms with van der Waals surface area (Å²) in [5.74, 6) is 1.02. The van der Waals surface area contributed by atoms with E-state index in [0.717, 1.165) is 18.2 Å². The number of halogens is 4. The highest BCUT2D eigenvalue weighted by atomic mass is 35.5. The largest absolute Gasteiger partial charge is 0.493 e. The van der Waals surface area contributed by atoms with E-state index in [1.807, 2.05) is 11.9 Å². The molecule has 1 heterocycles. The third-order valence-corrected chi connectivity index (χ3v) is 7.65. The number of sulfonamides is 1.